The standard InChI is InChI=1S/C13H19N3/c1-3-15(4-2)13-10-11-16(14-13)12-8-6-5-7-9-12/h5-9H,3-4,10-11H2,1-2H3. The fourth-order valence-corrected chi connectivity index (χ4v) is 2.04. The highest BCUT2D eigenvalue weighted by Crippen LogP contribution is 2.19. The first kappa shape index (κ1) is 11.0. The lowest BCUT2D eigenvalue weighted by molar-refractivity contribution is 0.459. The lowest BCUT2D eigenvalue weighted by Crippen LogP contribution is -2.29. The molecule has 0 amide bonds. The number of para-hydroxylation sites is 1. The van der Waals surface area contributed by atoms with Crippen molar-refractivity contribution in [1.82, 2.24) is 4.90 Å². The van der Waals surface area contributed by atoms with E-state index in [2.05, 4.69) is 53.1 Å². The first-order chi connectivity index (χ1) is 7.85. The first-order valence-electron chi connectivity index (χ1n) is 6.00. The average molecular weight is 217 g/mol. The van der Waals surface area contributed by atoms with Crippen molar-refractivity contribution in [2.24, 2.45) is 5.10 Å². The van der Waals surface area contributed by atoms with E-state index < -0.39 is 0 Å². The maximum atomic E-state index is 4.68. The summed E-state index contributed by atoms with van der Waals surface area (Å²) in [5.74, 6) is 1.22. The Hall–Kier alpha value is -1.51. The monoisotopic (exact) mass is 217 g/mol. The fourth-order valence-electron chi connectivity index (χ4n) is 2.04. The molecule has 1 aliphatic rings. The minimum absolute atomic E-state index is 0.996. The zero-order chi connectivity index (χ0) is 11.4. The van der Waals surface area contributed by atoms with Crippen molar-refractivity contribution in [2.75, 3.05) is 24.6 Å². The molecule has 0 spiro atoms. The number of rotatable bonds is 3. The maximum absolute atomic E-state index is 4.68. The third-order valence-corrected chi connectivity index (χ3v) is 2.97. The average Bonchev–Trinajstić information content (AvgIpc) is 2.81. The van der Waals surface area contributed by atoms with Crippen LogP contribution in [-0.2, 0) is 0 Å². The zero-order valence-corrected chi connectivity index (χ0v) is 10.1. The van der Waals surface area contributed by atoms with Gasteiger partial charge in [-0.25, -0.2) is 0 Å². The van der Waals surface area contributed by atoms with Crippen LogP contribution in [0.4, 0.5) is 5.69 Å². The number of nitrogens with zero attached hydrogens (tertiary/aromatic N) is 3. The predicted molar refractivity (Wildman–Crippen MR) is 68.8 cm³/mol. The molecule has 3 heteroatoms. The molecule has 1 aromatic carbocycles. The topological polar surface area (TPSA) is 18.8 Å². The molecule has 1 heterocycles. The number of amidine groups is 1. The van der Waals surface area contributed by atoms with Gasteiger partial charge in [0.15, 0.2) is 0 Å². The van der Waals surface area contributed by atoms with Gasteiger partial charge in [0.05, 0.1) is 5.69 Å². The summed E-state index contributed by atoms with van der Waals surface area (Å²) in [7, 11) is 0. The number of hydrazone groups is 1. The van der Waals surface area contributed by atoms with Gasteiger partial charge in [0.2, 0.25) is 0 Å². The lowest BCUT2D eigenvalue weighted by Gasteiger charge is -2.19. The van der Waals surface area contributed by atoms with E-state index in [4.69, 9.17) is 0 Å². The number of hydrogen-bond donors (Lipinski definition) is 0. The van der Waals surface area contributed by atoms with Crippen LogP contribution in [0.3, 0.4) is 0 Å². The Morgan fingerprint density at radius 1 is 1.19 bits per heavy atom. The van der Waals surface area contributed by atoms with Crippen LogP contribution >= 0.6 is 0 Å². The van der Waals surface area contributed by atoms with Crippen LogP contribution in [-0.4, -0.2) is 30.4 Å². The molecule has 1 aromatic rings. The van der Waals surface area contributed by atoms with Gasteiger partial charge < -0.3 is 4.90 Å². The molecule has 3 nitrogen and oxygen atoms in total. The summed E-state index contributed by atoms with van der Waals surface area (Å²) in [6, 6.07) is 10.4. The Bertz CT molecular complexity index is 355. The Morgan fingerprint density at radius 3 is 2.50 bits per heavy atom. The van der Waals surface area contributed by atoms with E-state index in [1.807, 2.05) is 6.07 Å². The molecule has 0 saturated carbocycles. The van der Waals surface area contributed by atoms with Gasteiger partial charge >= 0.3 is 0 Å². The second-order valence-electron chi connectivity index (χ2n) is 3.90. The Morgan fingerprint density at radius 2 is 1.88 bits per heavy atom. The largest absolute Gasteiger partial charge is 0.359 e. The van der Waals surface area contributed by atoms with Crippen LogP contribution in [0, 0.1) is 0 Å². The van der Waals surface area contributed by atoms with E-state index in [1.165, 1.54) is 11.5 Å². The van der Waals surface area contributed by atoms with E-state index in [-0.39, 0.29) is 0 Å². The van der Waals surface area contributed by atoms with E-state index in [0.717, 1.165) is 26.1 Å². The minimum Gasteiger partial charge on any atom is -0.359 e. The molecule has 0 N–H and O–H groups in total. The van der Waals surface area contributed by atoms with Gasteiger partial charge in [0.25, 0.3) is 0 Å². The summed E-state index contributed by atoms with van der Waals surface area (Å²) >= 11 is 0. The molecular formula is C13H19N3. The predicted octanol–water partition coefficient (Wildman–Crippen LogP) is 2.55. The van der Waals surface area contributed by atoms with E-state index >= 15 is 0 Å². The summed E-state index contributed by atoms with van der Waals surface area (Å²) in [5.41, 5.74) is 1.18. The molecule has 2 rings (SSSR count). The van der Waals surface area contributed by atoms with Crippen LogP contribution in [0.2, 0.25) is 0 Å². The van der Waals surface area contributed by atoms with Crippen molar-refractivity contribution >= 4 is 11.5 Å². The van der Waals surface area contributed by atoms with Crippen molar-refractivity contribution in [2.45, 2.75) is 20.3 Å². The molecule has 0 aromatic heterocycles. The highest BCUT2D eigenvalue weighted by molar-refractivity contribution is 5.85. The van der Waals surface area contributed by atoms with Crippen molar-refractivity contribution < 1.29 is 0 Å². The summed E-state index contributed by atoms with van der Waals surface area (Å²) in [5, 5.41) is 6.77. The molecule has 86 valence electrons. The molecule has 0 bridgehead atoms. The van der Waals surface area contributed by atoms with Gasteiger partial charge in [-0.15, -0.1) is 0 Å². The molecule has 0 radical (unpaired) electrons. The van der Waals surface area contributed by atoms with Crippen molar-refractivity contribution in [3.63, 3.8) is 0 Å². The quantitative estimate of drug-likeness (QED) is 0.775. The summed E-state index contributed by atoms with van der Waals surface area (Å²) < 4.78 is 0. The van der Waals surface area contributed by atoms with Crippen LogP contribution in [0.5, 0.6) is 0 Å². The van der Waals surface area contributed by atoms with Gasteiger partial charge in [-0.2, -0.15) is 5.10 Å². The molecule has 16 heavy (non-hydrogen) atoms. The fraction of sp³-hybridized carbons (Fsp3) is 0.462. The van der Waals surface area contributed by atoms with Crippen LogP contribution in [0.1, 0.15) is 20.3 Å². The normalized spacial score (nSPS) is 15.1. The Kier molecular flexibility index (Phi) is 3.44. The second-order valence-corrected chi connectivity index (χ2v) is 3.90. The third kappa shape index (κ3) is 2.18. The number of anilines is 1. The van der Waals surface area contributed by atoms with Crippen molar-refractivity contribution in [3.8, 4) is 0 Å². The molecular weight excluding hydrogens is 198 g/mol. The lowest BCUT2D eigenvalue weighted by atomic mass is 10.3. The highest BCUT2D eigenvalue weighted by atomic mass is 15.5. The second kappa shape index (κ2) is 5.01. The molecule has 0 saturated heterocycles. The minimum atomic E-state index is 0.996. The number of hydrogen-bond acceptors (Lipinski definition) is 3. The zero-order valence-electron chi connectivity index (χ0n) is 10.1. The summed E-state index contributed by atoms with van der Waals surface area (Å²) in [4.78, 5) is 2.32. The Balaban J connectivity index is 2.11. The van der Waals surface area contributed by atoms with E-state index in [9.17, 15) is 0 Å². The van der Waals surface area contributed by atoms with Gasteiger partial charge in [-0.1, -0.05) is 18.2 Å². The van der Waals surface area contributed by atoms with Gasteiger partial charge in [0, 0.05) is 26.1 Å². The SMILES string of the molecule is CCN(CC)C1=NN(c2ccccc2)CC1. The van der Waals surface area contributed by atoms with Crippen molar-refractivity contribution in [1.29, 1.82) is 0 Å². The summed E-state index contributed by atoms with van der Waals surface area (Å²) in [6.45, 7) is 7.43. The molecule has 0 unspecified atom stereocenters. The molecule has 0 fully saturated rings. The van der Waals surface area contributed by atoms with E-state index in [1.54, 1.807) is 0 Å². The molecule has 1 aliphatic heterocycles. The van der Waals surface area contributed by atoms with Gasteiger partial charge in [0.1, 0.15) is 5.84 Å². The molecule has 0 atom stereocenters. The van der Waals surface area contributed by atoms with Crippen LogP contribution in [0.25, 0.3) is 0 Å². The Labute approximate surface area is 97.4 Å². The smallest absolute Gasteiger partial charge is 0.127 e. The number of benzene rings is 1. The highest BCUT2D eigenvalue weighted by Gasteiger charge is 2.18. The molecule has 0 aliphatic carbocycles. The summed E-state index contributed by atoms with van der Waals surface area (Å²) in [6.07, 6.45) is 1.05. The van der Waals surface area contributed by atoms with Crippen molar-refractivity contribution in [3.05, 3.63) is 30.3 Å². The van der Waals surface area contributed by atoms with Gasteiger partial charge in [-0.05, 0) is 26.0 Å². The maximum Gasteiger partial charge on any atom is 0.127 e. The first-order valence-corrected chi connectivity index (χ1v) is 6.00. The van der Waals surface area contributed by atoms with Crippen LogP contribution < -0.4 is 5.01 Å². The third-order valence-electron chi connectivity index (χ3n) is 2.97. The van der Waals surface area contributed by atoms with Crippen LogP contribution in [0.15, 0.2) is 35.4 Å². The van der Waals surface area contributed by atoms with Gasteiger partial charge in [-0.3, -0.25) is 5.01 Å². The van der Waals surface area contributed by atoms with E-state index in [0.29, 0.717) is 0 Å².